The largest absolute Gasteiger partial charge is 0.0952 e. The number of hydrogen-bond acceptors (Lipinski definition) is 0. The first-order chi connectivity index (χ1) is 14.2. The molecule has 0 fully saturated rings. The lowest BCUT2D eigenvalue weighted by Crippen LogP contribution is -2.10. The van der Waals surface area contributed by atoms with Crippen LogP contribution in [-0.2, 0) is 12.8 Å². The second-order valence-corrected chi connectivity index (χ2v) is 7.50. The molecule has 29 heavy (non-hydrogen) atoms. The Morgan fingerprint density at radius 2 is 1.31 bits per heavy atom. The van der Waals surface area contributed by atoms with Crippen LogP contribution in [0.15, 0.2) is 91.5 Å². The van der Waals surface area contributed by atoms with Crippen molar-refractivity contribution in [3.05, 3.63) is 114 Å². The summed E-state index contributed by atoms with van der Waals surface area (Å²) in [5.74, 6) is 1.24. The van der Waals surface area contributed by atoms with Gasteiger partial charge in [0, 0.05) is 0 Å². The smallest absolute Gasteiger partial charge is 0.00926 e. The van der Waals surface area contributed by atoms with Gasteiger partial charge in [-0.05, 0) is 58.9 Å². The first-order valence-corrected chi connectivity index (χ1v) is 11.0. The van der Waals surface area contributed by atoms with Gasteiger partial charge in [-0.15, -0.1) is 0 Å². The van der Waals surface area contributed by atoms with Gasteiger partial charge in [0.25, 0.3) is 0 Å². The number of benzene rings is 3. The van der Waals surface area contributed by atoms with E-state index in [4.69, 9.17) is 0 Å². The monoisotopic (exact) mass is 384 g/mol. The zero-order valence-electron chi connectivity index (χ0n) is 18.6. The molecule has 0 spiro atoms. The van der Waals surface area contributed by atoms with Gasteiger partial charge in [-0.2, -0.15) is 0 Å². The molecule has 152 valence electrons. The van der Waals surface area contributed by atoms with Crippen LogP contribution in [0.3, 0.4) is 0 Å². The van der Waals surface area contributed by atoms with Gasteiger partial charge in [0.15, 0.2) is 0 Å². The second-order valence-electron chi connectivity index (χ2n) is 7.50. The summed E-state index contributed by atoms with van der Waals surface area (Å²) in [6, 6.07) is 30.1. The third-order valence-electron chi connectivity index (χ3n) is 5.57. The van der Waals surface area contributed by atoms with Gasteiger partial charge in [0.05, 0.1) is 0 Å². The highest BCUT2D eigenvalue weighted by atomic mass is 14.3. The number of rotatable bonds is 2. The topological polar surface area (TPSA) is 0 Å². The minimum absolute atomic E-state index is 0.584. The fraction of sp³-hybridized carbons (Fsp3) is 0.310. The Labute approximate surface area is 178 Å². The molecule has 0 bridgehead atoms. The van der Waals surface area contributed by atoms with Gasteiger partial charge < -0.3 is 0 Å². The quantitative estimate of drug-likeness (QED) is 0.389. The highest BCUT2D eigenvalue weighted by Gasteiger charge is 2.25. The molecule has 0 aromatic heterocycles. The molecular weight excluding hydrogens is 348 g/mol. The molecule has 1 aliphatic rings. The summed E-state index contributed by atoms with van der Waals surface area (Å²) < 4.78 is 0. The van der Waals surface area contributed by atoms with Crippen molar-refractivity contribution >= 4 is 5.57 Å². The van der Waals surface area contributed by atoms with Gasteiger partial charge in [-0.3, -0.25) is 0 Å². The van der Waals surface area contributed by atoms with Gasteiger partial charge in [0.2, 0.25) is 0 Å². The van der Waals surface area contributed by atoms with Crippen molar-refractivity contribution < 1.29 is 0 Å². The predicted octanol–water partition coefficient (Wildman–Crippen LogP) is 8.34. The molecule has 0 N–H and O–H groups in total. The predicted molar refractivity (Wildman–Crippen MR) is 129 cm³/mol. The van der Waals surface area contributed by atoms with Crippen LogP contribution in [0, 0.1) is 5.92 Å². The van der Waals surface area contributed by atoms with Crippen molar-refractivity contribution in [1.29, 1.82) is 0 Å². The van der Waals surface area contributed by atoms with Crippen molar-refractivity contribution in [2.24, 2.45) is 5.92 Å². The number of fused-ring (bicyclic) bond motifs is 1. The summed E-state index contributed by atoms with van der Waals surface area (Å²) in [6.45, 7) is 12.9. The number of aryl methyl sites for hydroxylation is 1. The Balaban J connectivity index is 0.000000252. The Kier molecular flexibility index (Phi) is 9.44. The van der Waals surface area contributed by atoms with E-state index in [1.165, 1.54) is 27.8 Å². The molecule has 0 nitrogen and oxygen atoms in total. The van der Waals surface area contributed by atoms with E-state index in [0.717, 1.165) is 19.3 Å². The molecule has 2 unspecified atom stereocenters. The minimum Gasteiger partial charge on any atom is -0.0952 e. The van der Waals surface area contributed by atoms with Crippen LogP contribution in [0.2, 0.25) is 0 Å². The highest BCUT2D eigenvalue weighted by Crippen LogP contribution is 2.40. The fourth-order valence-electron chi connectivity index (χ4n) is 3.97. The standard InChI is InChI=1S/C19H20.C8H10.C2H6/c1-14-12-17-10-6-7-11-18(17)15(2)13-19(14)16-8-4-3-5-9-16;1-2-8-6-4-3-5-7-8;1-2/h3-11,14,19H,2,12-13H2,1H3;3-7H,2H2,1H3;1-2H3. The molecule has 3 aromatic rings. The van der Waals surface area contributed by atoms with Crippen LogP contribution < -0.4 is 0 Å². The molecule has 0 amide bonds. The third-order valence-corrected chi connectivity index (χ3v) is 5.57. The lowest BCUT2D eigenvalue weighted by Gasteiger charge is -2.22. The lowest BCUT2D eigenvalue weighted by molar-refractivity contribution is 0.470. The molecule has 1 aliphatic carbocycles. The van der Waals surface area contributed by atoms with E-state index in [9.17, 15) is 0 Å². The van der Waals surface area contributed by atoms with Crippen LogP contribution in [0.4, 0.5) is 0 Å². The fourth-order valence-corrected chi connectivity index (χ4v) is 3.97. The molecular formula is C29H36. The molecule has 0 aliphatic heterocycles. The Morgan fingerprint density at radius 3 is 1.90 bits per heavy atom. The normalized spacial score (nSPS) is 17.6. The summed E-state index contributed by atoms with van der Waals surface area (Å²) in [5, 5.41) is 0. The summed E-state index contributed by atoms with van der Waals surface area (Å²) in [6.07, 6.45) is 3.36. The maximum absolute atomic E-state index is 4.33. The van der Waals surface area contributed by atoms with Gasteiger partial charge in [-0.1, -0.05) is 119 Å². The van der Waals surface area contributed by atoms with E-state index in [1.807, 2.05) is 19.9 Å². The number of hydrogen-bond donors (Lipinski definition) is 0. The van der Waals surface area contributed by atoms with Crippen molar-refractivity contribution in [3.8, 4) is 0 Å². The van der Waals surface area contributed by atoms with E-state index < -0.39 is 0 Å². The summed E-state index contributed by atoms with van der Waals surface area (Å²) in [7, 11) is 0. The van der Waals surface area contributed by atoms with Crippen LogP contribution in [0.25, 0.3) is 5.57 Å². The molecule has 0 heteroatoms. The molecule has 0 saturated carbocycles. The zero-order chi connectivity index (χ0) is 21.1. The lowest BCUT2D eigenvalue weighted by atomic mass is 9.82. The average molecular weight is 385 g/mol. The Hall–Kier alpha value is -2.60. The van der Waals surface area contributed by atoms with Crippen LogP contribution >= 0.6 is 0 Å². The first-order valence-electron chi connectivity index (χ1n) is 11.0. The summed E-state index contributed by atoms with van der Waals surface area (Å²) >= 11 is 0. The Bertz CT molecular complexity index is 845. The maximum Gasteiger partial charge on any atom is -0.00926 e. The second kappa shape index (κ2) is 12.1. The van der Waals surface area contributed by atoms with E-state index in [1.54, 1.807) is 0 Å². The molecule has 2 atom stereocenters. The maximum atomic E-state index is 4.33. The number of allylic oxidation sites excluding steroid dienone is 1. The molecule has 4 rings (SSSR count). The third kappa shape index (κ3) is 6.46. The Morgan fingerprint density at radius 1 is 0.759 bits per heavy atom. The van der Waals surface area contributed by atoms with Crippen LogP contribution in [0.5, 0.6) is 0 Å². The van der Waals surface area contributed by atoms with Gasteiger partial charge >= 0.3 is 0 Å². The first kappa shape index (κ1) is 22.7. The van der Waals surface area contributed by atoms with Crippen molar-refractivity contribution in [3.63, 3.8) is 0 Å². The molecule has 0 heterocycles. The summed E-state index contributed by atoms with van der Waals surface area (Å²) in [5.41, 5.74) is 6.97. The van der Waals surface area contributed by atoms with E-state index >= 15 is 0 Å². The van der Waals surface area contributed by atoms with Crippen molar-refractivity contribution in [2.75, 3.05) is 0 Å². The zero-order valence-corrected chi connectivity index (χ0v) is 18.6. The molecule has 0 saturated heterocycles. The van der Waals surface area contributed by atoms with Crippen molar-refractivity contribution in [2.45, 2.75) is 52.9 Å². The molecule has 3 aromatic carbocycles. The van der Waals surface area contributed by atoms with E-state index in [2.05, 4.69) is 99.3 Å². The van der Waals surface area contributed by atoms with Crippen molar-refractivity contribution in [1.82, 2.24) is 0 Å². The van der Waals surface area contributed by atoms with E-state index in [0.29, 0.717) is 11.8 Å². The minimum atomic E-state index is 0.584. The van der Waals surface area contributed by atoms with Gasteiger partial charge in [-0.25, -0.2) is 0 Å². The summed E-state index contributed by atoms with van der Waals surface area (Å²) in [4.78, 5) is 0. The highest BCUT2D eigenvalue weighted by molar-refractivity contribution is 5.68. The van der Waals surface area contributed by atoms with Crippen LogP contribution in [-0.4, -0.2) is 0 Å². The SMILES string of the molecule is C=C1CC(c2ccccc2)C(C)Cc2ccccc21.CC.CCc1ccccc1. The molecule has 0 radical (unpaired) electrons. The van der Waals surface area contributed by atoms with Crippen LogP contribution in [0.1, 0.15) is 62.3 Å². The van der Waals surface area contributed by atoms with Gasteiger partial charge in [0.1, 0.15) is 0 Å². The van der Waals surface area contributed by atoms with E-state index in [-0.39, 0.29) is 0 Å². The average Bonchev–Trinajstić information content (AvgIpc) is 2.92.